The van der Waals surface area contributed by atoms with Crippen molar-refractivity contribution in [3.8, 4) is 0 Å². The molecule has 4 rings (SSSR count). The van der Waals surface area contributed by atoms with Gasteiger partial charge in [-0.1, -0.05) is 41.7 Å². The summed E-state index contributed by atoms with van der Waals surface area (Å²) >= 11 is 1.34. The van der Waals surface area contributed by atoms with Crippen molar-refractivity contribution < 1.29 is 42.9 Å². The van der Waals surface area contributed by atoms with Crippen LogP contribution in [0.15, 0.2) is 54.6 Å². The summed E-state index contributed by atoms with van der Waals surface area (Å²) in [6.07, 6.45) is 1.07. The number of hydrogen-bond acceptors (Lipinski definition) is 11. The molecule has 0 radical (unpaired) electrons. The third-order valence-electron chi connectivity index (χ3n) is 7.46. The number of nitrogens with one attached hydrogen (secondary N) is 3. The van der Waals surface area contributed by atoms with Crippen molar-refractivity contribution in [1.29, 1.82) is 0 Å². The predicted molar refractivity (Wildman–Crippen MR) is 196 cm³/mol. The molecule has 2 aromatic carbocycles. The molecule has 1 aromatic heterocycles. The molecule has 2 heterocycles. The van der Waals surface area contributed by atoms with E-state index in [1.807, 2.05) is 51.1 Å². The highest BCUT2D eigenvalue weighted by molar-refractivity contribution is 7.15. The van der Waals surface area contributed by atoms with Crippen molar-refractivity contribution >= 4 is 40.5 Å². The second kappa shape index (κ2) is 21.1. The molecule has 1 aliphatic heterocycles. The van der Waals surface area contributed by atoms with Crippen molar-refractivity contribution in [3.63, 3.8) is 0 Å². The Morgan fingerprint density at radius 2 is 1.38 bits per heavy atom. The number of thiazole rings is 1. The van der Waals surface area contributed by atoms with Crippen LogP contribution in [0.25, 0.3) is 0 Å². The summed E-state index contributed by atoms with van der Waals surface area (Å²) in [6.45, 7) is 10.2. The molecule has 15 heteroatoms. The lowest BCUT2D eigenvalue weighted by atomic mass is 10.1. The Bertz CT molecular complexity index is 1580. The number of carbonyl (C=O) groups excluding carboxylic acids is 4. The zero-order valence-electron chi connectivity index (χ0n) is 30.1. The molecule has 0 spiro atoms. The fraction of sp³-hybridized carbons (Fsp3) is 0.486. The maximum Gasteiger partial charge on any atom is 0.410 e. The van der Waals surface area contributed by atoms with Crippen LogP contribution >= 0.6 is 11.3 Å². The molecule has 14 nitrogen and oxygen atoms in total. The van der Waals surface area contributed by atoms with Gasteiger partial charge in [0.05, 0.1) is 38.7 Å². The number of hydrogen-bond donors (Lipinski definition) is 3. The van der Waals surface area contributed by atoms with Crippen LogP contribution < -0.4 is 16.0 Å². The number of anilines is 1. The first kappa shape index (κ1) is 40.2. The second-order valence-electron chi connectivity index (χ2n) is 12.9. The zero-order valence-corrected chi connectivity index (χ0v) is 30.9. The maximum absolute atomic E-state index is 12.9. The lowest BCUT2D eigenvalue weighted by Crippen LogP contribution is -2.39. The van der Waals surface area contributed by atoms with Gasteiger partial charge in [0, 0.05) is 55.3 Å². The SMILES string of the molecule is CC(C)(C)OC(=O)N1CCc2nc(NC(=O)c3ccc(C(=O)NCCCOCCOCCOCCCNC(=O)OCc4ccccc4)cc3)sc2C1. The first-order valence-corrected chi connectivity index (χ1v) is 18.2. The third-order valence-corrected chi connectivity index (χ3v) is 8.45. The lowest BCUT2D eigenvalue weighted by Gasteiger charge is -2.29. The maximum atomic E-state index is 12.9. The standard InChI is InChI=1S/C37H49N5O9S/c1-37(2,3)51-36(46)42-18-15-30-31(25-42)52-34(40-30)41-33(44)29-13-11-28(12-14-29)32(43)38-16-7-19-47-21-23-49-24-22-48-20-8-17-39-35(45)50-26-27-9-5-4-6-10-27/h4-6,9-14H,7-8,15-26H2,1-3H3,(H,38,43)(H,39,45)(H,40,41,44). The number of alkyl carbamates (subject to hydrolysis) is 1. The van der Waals surface area contributed by atoms with Gasteiger partial charge in [0.1, 0.15) is 12.2 Å². The summed E-state index contributed by atoms with van der Waals surface area (Å²) in [7, 11) is 0. The number of ether oxygens (including phenoxy) is 5. The van der Waals surface area contributed by atoms with E-state index < -0.39 is 11.7 Å². The van der Waals surface area contributed by atoms with Gasteiger partial charge in [0.25, 0.3) is 11.8 Å². The van der Waals surface area contributed by atoms with E-state index in [0.717, 1.165) is 16.1 Å². The fourth-order valence-corrected chi connectivity index (χ4v) is 5.85. The minimum Gasteiger partial charge on any atom is -0.445 e. The van der Waals surface area contributed by atoms with Crippen LogP contribution in [-0.2, 0) is 43.3 Å². The molecule has 52 heavy (non-hydrogen) atoms. The number of rotatable bonds is 19. The predicted octanol–water partition coefficient (Wildman–Crippen LogP) is 5.17. The van der Waals surface area contributed by atoms with E-state index in [1.54, 1.807) is 29.2 Å². The van der Waals surface area contributed by atoms with Gasteiger partial charge in [-0.3, -0.25) is 14.9 Å². The summed E-state index contributed by atoms with van der Waals surface area (Å²) in [6, 6.07) is 15.9. The number of fused-ring (bicyclic) bond motifs is 1. The molecule has 0 unspecified atom stereocenters. The Hall–Kier alpha value is -4.57. The molecule has 1 aliphatic rings. The van der Waals surface area contributed by atoms with Gasteiger partial charge >= 0.3 is 12.2 Å². The van der Waals surface area contributed by atoms with E-state index in [9.17, 15) is 19.2 Å². The number of nitrogens with zero attached hydrogens (tertiary/aromatic N) is 2. The Balaban J connectivity index is 0.979. The van der Waals surface area contributed by atoms with Crippen LogP contribution in [-0.4, -0.2) is 98.8 Å². The van der Waals surface area contributed by atoms with Gasteiger partial charge < -0.3 is 39.2 Å². The van der Waals surface area contributed by atoms with E-state index in [1.165, 1.54) is 11.3 Å². The molecular formula is C37H49N5O9S. The Labute approximate surface area is 308 Å². The average molecular weight is 740 g/mol. The fourth-order valence-electron chi connectivity index (χ4n) is 4.83. The normalized spacial score (nSPS) is 12.5. The molecule has 282 valence electrons. The first-order chi connectivity index (χ1) is 25.1. The van der Waals surface area contributed by atoms with Gasteiger partial charge in [-0.15, -0.1) is 0 Å². The van der Waals surface area contributed by atoms with E-state index >= 15 is 0 Å². The summed E-state index contributed by atoms with van der Waals surface area (Å²) < 4.78 is 27.2. The van der Waals surface area contributed by atoms with E-state index in [4.69, 9.17) is 23.7 Å². The highest BCUT2D eigenvalue weighted by Crippen LogP contribution is 2.29. The average Bonchev–Trinajstić information content (AvgIpc) is 3.53. The molecule has 0 saturated heterocycles. The van der Waals surface area contributed by atoms with Crippen molar-refractivity contribution in [3.05, 3.63) is 81.9 Å². The molecule has 0 saturated carbocycles. The zero-order chi connectivity index (χ0) is 37.2. The number of carbonyl (C=O) groups is 4. The topological polar surface area (TPSA) is 167 Å². The number of aromatic nitrogens is 1. The highest BCUT2D eigenvalue weighted by atomic mass is 32.1. The van der Waals surface area contributed by atoms with E-state index in [-0.39, 0.29) is 24.5 Å². The van der Waals surface area contributed by atoms with Gasteiger partial charge in [-0.2, -0.15) is 0 Å². The van der Waals surface area contributed by atoms with Crippen molar-refractivity contribution in [2.75, 3.05) is 64.6 Å². The summed E-state index contributed by atoms with van der Waals surface area (Å²) in [4.78, 5) is 56.7. The van der Waals surface area contributed by atoms with Crippen molar-refractivity contribution in [2.24, 2.45) is 0 Å². The van der Waals surface area contributed by atoms with Gasteiger partial charge in [0.2, 0.25) is 0 Å². The summed E-state index contributed by atoms with van der Waals surface area (Å²) in [5, 5.41) is 8.84. The highest BCUT2D eigenvalue weighted by Gasteiger charge is 2.28. The molecule has 3 N–H and O–H groups in total. The monoisotopic (exact) mass is 739 g/mol. The number of benzene rings is 2. The number of amides is 4. The van der Waals surface area contributed by atoms with Crippen LogP contribution in [0.4, 0.5) is 14.7 Å². The molecule has 0 fully saturated rings. The van der Waals surface area contributed by atoms with Crippen molar-refractivity contribution in [2.45, 2.75) is 58.8 Å². The molecule has 3 aromatic rings. The van der Waals surface area contributed by atoms with Gasteiger partial charge in [-0.25, -0.2) is 14.6 Å². The van der Waals surface area contributed by atoms with Crippen LogP contribution in [0.5, 0.6) is 0 Å². The van der Waals surface area contributed by atoms with Gasteiger partial charge in [0.15, 0.2) is 5.13 Å². The quantitative estimate of drug-likeness (QED) is 0.140. The summed E-state index contributed by atoms with van der Waals surface area (Å²) in [5.74, 6) is -0.574. The largest absolute Gasteiger partial charge is 0.445 e. The molecule has 0 aliphatic carbocycles. The molecule has 0 bridgehead atoms. The lowest BCUT2D eigenvalue weighted by molar-refractivity contribution is 0.0138. The third kappa shape index (κ3) is 14.6. The Morgan fingerprint density at radius 3 is 2.02 bits per heavy atom. The van der Waals surface area contributed by atoms with E-state index in [0.29, 0.717) is 101 Å². The minimum atomic E-state index is -0.573. The Morgan fingerprint density at radius 1 is 0.788 bits per heavy atom. The minimum absolute atomic E-state index is 0.237. The smallest absolute Gasteiger partial charge is 0.410 e. The molecule has 0 atom stereocenters. The van der Waals surface area contributed by atoms with Crippen molar-refractivity contribution in [1.82, 2.24) is 20.5 Å². The van der Waals surface area contributed by atoms with E-state index in [2.05, 4.69) is 20.9 Å². The van der Waals surface area contributed by atoms with Crippen LogP contribution in [0.1, 0.15) is 70.5 Å². The van der Waals surface area contributed by atoms with Crippen LogP contribution in [0.3, 0.4) is 0 Å². The Kier molecular flexibility index (Phi) is 16.3. The molecule has 4 amide bonds. The van der Waals surface area contributed by atoms with Crippen LogP contribution in [0, 0.1) is 0 Å². The van der Waals surface area contributed by atoms with Gasteiger partial charge in [-0.05, 0) is 63.4 Å². The second-order valence-corrected chi connectivity index (χ2v) is 13.9. The summed E-state index contributed by atoms with van der Waals surface area (Å²) in [5.41, 5.74) is 2.07. The first-order valence-electron chi connectivity index (χ1n) is 17.4. The molecular weight excluding hydrogens is 690 g/mol. The van der Waals surface area contributed by atoms with Crippen LogP contribution in [0.2, 0.25) is 0 Å².